The molecule has 2 aromatic rings. The molecule has 0 unspecified atom stereocenters. The predicted octanol–water partition coefficient (Wildman–Crippen LogP) is 4.04. The first-order chi connectivity index (χ1) is 7.78. The van der Waals surface area contributed by atoms with Gasteiger partial charge < -0.3 is 10.1 Å². The van der Waals surface area contributed by atoms with E-state index in [2.05, 4.69) is 40.0 Å². The van der Waals surface area contributed by atoms with Gasteiger partial charge in [-0.05, 0) is 65.1 Å². The first kappa shape index (κ1) is 11.3. The Balaban J connectivity index is 2.14. The van der Waals surface area contributed by atoms with Crippen molar-refractivity contribution in [3.8, 4) is 5.75 Å². The summed E-state index contributed by atoms with van der Waals surface area (Å²) in [6.45, 7) is 0. The number of methoxy groups -OCH3 is 1. The zero-order valence-electron chi connectivity index (χ0n) is 8.91. The highest BCUT2D eigenvalue weighted by Crippen LogP contribution is 2.20. The summed E-state index contributed by atoms with van der Waals surface area (Å²) in [6, 6.07) is 16.1. The number of anilines is 2. The van der Waals surface area contributed by atoms with Crippen LogP contribution in [0.4, 0.5) is 11.4 Å². The third kappa shape index (κ3) is 2.88. The maximum Gasteiger partial charge on any atom is 0.119 e. The summed E-state index contributed by atoms with van der Waals surface area (Å²) < 4.78 is 6.33. The number of benzene rings is 2. The summed E-state index contributed by atoms with van der Waals surface area (Å²) in [5.41, 5.74) is 2.15. The first-order valence-electron chi connectivity index (χ1n) is 4.94. The molecule has 0 fully saturated rings. The minimum atomic E-state index is 0.869. The molecular weight excluding hydrogens is 313 g/mol. The Labute approximate surface area is 109 Å². The Morgan fingerprint density at radius 3 is 2.38 bits per heavy atom. The summed E-state index contributed by atoms with van der Waals surface area (Å²) >= 11 is 2.30. The standard InChI is InChI=1S/C13H12INO/c1-16-13-7-5-11(6-8-13)15-12-4-2-3-10(14)9-12/h2-9,15H,1H3. The molecule has 0 radical (unpaired) electrons. The molecule has 1 N–H and O–H groups in total. The van der Waals surface area contributed by atoms with Gasteiger partial charge in [-0.1, -0.05) is 6.07 Å². The van der Waals surface area contributed by atoms with E-state index in [1.165, 1.54) is 3.57 Å². The molecule has 82 valence electrons. The Kier molecular flexibility index (Phi) is 3.66. The molecule has 0 amide bonds. The zero-order chi connectivity index (χ0) is 11.4. The molecule has 16 heavy (non-hydrogen) atoms. The van der Waals surface area contributed by atoms with Crippen LogP contribution in [0, 0.1) is 3.57 Å². The quantitative estimate of drug-likeness (QED) is 0.860. The molecule has 0 heterocycles. The van der Waals surface area contributed by atoms with E-state index < -0.39 is 0 Å². The van der Waals surface area contributed by atoms with E-state index in [0.29, 0.717) is 0 Å². The van der Waals surface area contributed by atoms with Gasteiger partial charge in [0.1, 0.15) is 5.75 Å². The summed E-state index contributed by atoms with van der Waals surface area (Å²) in [7, 11) is 1.67. The largest absolute Gasteiger partial charge is 0.497 e. The maximum atomic E-state index is 5.11. The molecule has 0 saturated heterocycles. The van der Waals surface area contributed by atoms with Crippen molar-refractivity contribution >= 4 is 34.0 Å². The van der Waals surface area contributed by atoms with E-state index in [4.69, 9.17) is 4.74 Å². The van der Waals surface area contributed by atoms with Gasteiger partial charge in [0, 0.05) is 14.9 Å². The second-order valence-corrected chi connectivity index (χ2v) is 4.61. The highest BCUT2D eigenvalue weighted by Gasteiger charge is 1.96. The highest BCUT2D eigenvalue weighted by molar-refractivity contribution is 14.1. The Morgan fingerprint density at radius 2 is 1.75 bits per heavy atom. The summed E-state index contributed by atoms with van der Waals surface area (Å²) in [5.74, 6) is 0.869. The summed E-state index contributed by atoms with van der Waals surface area (Å²) in [5, 5.41) is 3.34. The molecule has 0 bridgehead atoms. The number of halogens is 1. The molecule has 0 aliphatic heterocycles. The van der Waals surface area contributed by atoms with Gasteiger partial charge >= 0.3 is 0 Å². The smallest absolute Gasteiger partial charge is 0.119 e. The van der Waals surface area contributed by atoms with E-state index in [9.17, 15) is 0 Å². The van der Waals surface area contributed by atoms with E-state index >= 15 is 0 Å². The predicted molar refractivity (Wildman–Crippen MR) is 75.4 cm³/mol. The third-order valence-corrected chi connectivity index (χ3v) is 2.87. The number of nitrogens with one attached hydrogen (secondary N) is 1. The summed E-state index contributed by atoms with van der Waals surface area (Å²) in [6.07, 6.45) is 0. The fourth-order valence-corrected chi connectivity index (χ4v) is 1.95. The number of rotatable bonds is 3. The minimum absolute atomic E-state index is 0.869. The number of hydrogen-bond acceptors (Lipinski definition) is 2. The normalized spacial score (nSPS) is 9.88. The van der Waals surface area contributed by atoms with Crippen molar-refractivity contribution in [3.05, 3.63) is 52.1 Å². The van der Waals surface area contributed by atoms with Crippen LogP contribution in [0.3, 0.4) is 0 Å². The number of ether oxygens (including phenoxy) is 1. The molecule has 0 atom stereocenters. The second-order valence-electron chi connectivity index (χ2n) is 3.36. The SMILES string of the molecule is COc1ccc(Nc2cccc(I)c2)cc1. The van der Waals surface area contributed by atoms with Crippen molar-refractivity contribution in [2.45, 2.75) is 0 Å². The second kappa shape index (κ2) is 5.21. The van der Waals surface area contributed by atoms with Gasteiger partial charge in [0.05, 0.1) is 7.11 Å². The fraction of sp³-hybridized carbons (Fsp3) is 0.0769. The average molecular weight is 325 g/mol. The van der Waals surface area contributed by atoms with Crippen molar-refractivity contribution in [1.29, 1.82) is 0 Å². The van der Waals surface area contributed by atoms with Crippen LogP contribution in [0.1, 0.15) is 0 Å². The monoisotopic (exact) mass is 325 g/mol. The Bertz CT molecular complexity index is 468. The van der Waals surface area contributed by atoms with E-state index in [1.807, 2.05) is 36.4 Å². The highest BCUT2D eigenvalue weighted by atomic mass is 127. The lowest BCUT2D eigenvalue weighted by molar-refractivity contribution is 0.415. The molecule has 2 aromatic carbocycles. The maximum absolute atomic E-state index is 5.11. The molecule has 2 nitrogen and oxygen atoms in total. The third-order valence-electron chi connectivity index (χ3n) is 2.20. The molecule has 0 spiro atoms. The van der Waals surface area contributed by atoms with Crippen LogP contribution < -0.4 is 10.1 Å². The Hall–Kier alpha value is -1.23. The van der Waals surface area contributed by atoms with Gasteiger partial charge in [-0.2, -0.15) is 0 Å². The van der Waals surface area contributed by atoms with E-state index in [0.717, 1.165) is 17.1 Å². The van der Waals surface area contributed by atoms with E-state index in [1.54, 1.807) is 7.11 Å². The lowest BCUT2D eigenvalue weighted by Gasteiger charge is -2.07. The first-order valence-corrected chi connectivity index (χ1v) is 6.02. The molecule has 3 heteroatoms. The van der Waals surface area contributed by atoms with Gasteiger partial charge in [-0.3, -0.25) is 0 Å². The molecular formula is C13H12INO. The lowest BCUT2D eigenvalue weighted by Crippen LogP contribution is -1.90. The summed E-state index contributed by atoms with van der Waals surface area (Å²) in [4.78, 5) is 0. The van der Waals surface area contributed by atoms with Gasteiger partial charge in [0.15, 0.2) is 0 Å². The molecule has 0 aliphatic carbocycles. The van der Waals surface area contributed by atoms with Gasteiger partial charge in [0.25, 0.3) is 0 Å². The van der Waals surface area contributed by atoms with Crippen molar-refractivity contribution in [1.82, 2.24) is 0 Å². The number of hydrogen-bond donors (Lipinski definition) is 1. The molecule has 2 rings (SSSR count). The van der Waals surface area contributed by atoms with Crippen LogP contribution in [0.2, 0.25) is 0 Å². The molecule has 0 saturated carbocycles. The van der Waals surface area contributed by atoms with Crippen molar-refractivity contribution in [3.63, 3.8) is 0 Å². The van der Waals surface area contributed by atoms with Crippen molar-refractivity contribution in [2.24, 2.45) is 0 Å². The van der Waals surface area contributed by atoms with Crippen LogP contribution in [-0.4, -0.2) is 7.11 Å². The van der Waals surface area contributed by atoms with Gasteiger partial charge in [-0.15, -0.1) is 0 Å². The van der Waals surface area contributed by atoms with Crippen molar-refractivity contribution in [2.75, 3.05) is 12.4 Å². The zero-order valence-corrected chi connectivity index (χ0v) is 11.1. The van der Waals surface area contributed by atoms with E-state index in [-0.39, 0.29) is 0 Å². The van der Waals surface area contributed by atoms with Crippen LogP contribution in [0.25, 0.3) is 0 Å². The Morgan fingerprint density at radius 1 is 1.00 bits per heavy atom. The van der Waals surface area contributed by atoms with Crippen LogP contribution in [0.5, 0.6) is 5.75 Å². The van der Waals surface area contributed by atoms with Crippen LogP contribution in [-0.2, 0) is 0 Å². The minimum Gasteiger partial charge on any atom is -0.497 e. The molecule has 0 aliphatic rings. The lowest BCUT2D eigenvalue weighted by atomic mass is 10.2. The van der Waals surface area contributed by atoms with Crippen LogP contribution in [0.15, 0.2) is 48.5 Å². The van der Waals surface area contributed by atoms with Crippen LogP contribution >= 0.6 is 22.6 Å². The van der Waals surface area contributed by atoms with Crippen molar-refractivity contribution < 1.29 is 4.74 Å². The van der Waals surface area contributed by atoms with Gasteiger partial charge in [-0.25, -0.2) is 0 Å². The fourth-order valence-electron chi connectivity index (χ4n) is 1.41. The molecule has 0 aromatic heterocycles. The van der Waals surface area contributed by atoms with Gasteiger partial charge in [0.2, 0.25) is 0 Å². The topological polar surface area (TPSA) is 21.3 Å². The average Bonchev–Trinajstić information content (AvgIpc) is 2.30.